The van der Waals surface area contributed by atoms with Crippen LogP contribution in [-0.2, 0) is 28.6 Å². The van der Waals surface area contributed by atoms with E-state index in [1.165, 1.54) is 31.3 Å². The maximum absolute atomic E-state index is 13.6. The third-order valence-electron chi connectivity index (χ3n) is 11.5. The van der Waals surface area contributed by atoms with E-state index in [-0.39, 0.29) is 35.4 Å². The van der Waals surface area contributed by atoms with Crippen molar-refractivity contribution in [1.82, 2.24) is 5.32 Å². The molecule has 5 fully saturated rings. The maximum Gasteiger partial charge on any atom is 0.334 e. The highest BCUT2D eigenvalue weighted by Crippen LogP contribution is 2.86. The molecule has 0 radical (unpaired) electrons. The fraction of sp³-hybridized carbons (Fsp3) is 0.655. The quantitative estimate of drug-likeness (QED) is 0.354. The van der Waals surface area contributed by atoms with Gasteiger partial charge in [-0.2, -0.15) is 8.42 Å². The molecule has 2 bridgehead atoms. The van der Waals surface area contributed by atoms with Crippen molar-refractivity contribution < 1.29 is 41.9 Å². The zero-order valence-corrected chi connectivity index (χ0v) is 23.8. The van der Waals surface area contributed by atoms with Crippen LogP contribution in [-0.4, -0.2) is 73.7 Å². The molecule has 3 heterocycles. The highest BCUT2D eigenvalue weighted by molar-refractivity contribution is 7.86. The molecular weight excluding hydrogens is 538 g/mol. The fourth-order valence-electron chi connectivity index (χ4n) is 9.53. The highest BCUT2D eigenvalue weighted by Gasteiger charge is 2.92. The Hall–Kier alpha value is -2.31. The molecule has 3 saturated carbocycles. The zero-order valence-electron chi connectivity index (χ0n) is 23.0. The average Bonchev–Trinajstić information content (AvgIpc) is 3.55. The first-order valence-corrected chi connectivity index (χ1v) is 15.4. The molecule has 9 atom stereocenters. The second-order valence-corrected chi connectivity index (χ2v) is 14.6. The van der Waals surface area contributed by atoms with Gasteiger partial charge in [0.25, 0.3) is 16.0 Å². The summed E-state index contributed by atoms with van der Waals surface area (Å²) in [6.07, 6.45) is -0.506. The van der Waals surface area contributed by atoms with Gasteiger partial charge in [0.15, 0.2) is 0 Å². The molecule has 4 aliphatic carbocycles. The Morgan fingerprint density at radius 2 is 1.88 bits per heavy atom. The van der Waals surface area contributed by atoms with E-state index < -0.39 is 56.2 Å². The van der Waals surface area contributed by atoms with Gasteiger partial charge in [-0.15, -0.1) is 0 Å². The molecule has 3 aliphatic heterocycles. The number of amides is 1. The van der Waals surface area contributed by atoms with Gasteiger partial charge < -0.3 is 25.0 Å². The first kappa shape index (κ1) is 26.6. The number of carbonyl (C=O) groups is 2. The van der Waals surface area contributed by atoms with E-state index in [0.29, 0.717) is 31.2 Å². The number of ether oxygens (including phenoxy) is 2. The molecule has 7 aliphatic rings. The number of nitrogens with one attached hydrogen (secondary N) is 1. The number of rotatable bonds is 5. The Balaban J connectivity index is 1.29. The topological polar surface area (TPSA) is 148 Å². The van der Waals surface area contributed by atoms with Crippen LogP contribution in [0.15, 0.2) is 40.3 Å². The lowest BCUT2D eigenvalue weighted by molar-refractivity contribution is -0.407. The molecule has 1 unspecified atom stereocenters. The first-order chi connectivity index (χ1) is 18.8. The lowest BCUT2D eigenvalue weighted by Crippen LogP contribution is -2.84. The molecule has 2 saturated heterocycles. The molecule has 3 N–H and O–H groups in total. The predicted octanol–water partition coefficient (Wildman–Crippen LogP) is 1.70. The van der Waals surface area contributed by atoms with E-state index in [0.717, 1.165) is 11.1 Å². The summed E-state index contributed by atoms with van der Waals surface area (Å²) in [6, 6.07) is 5.42. The van der Waals surface area contributed by atoms with Crippen molar-refractivity contribution in [3.8, 4) is 0 Å². The number of cyclic esters (lactones) is 1. The molecule has 2 spiro atoms. The normalized spacial score (nSPS) is 44.6. The van der Waals surface area contributed by atoms with Crippen molar-refractivity contribution in [2.75, 3.05) is 13.7 Å². The second kappa shape index (κ2) is 7.95. The molecule has 40 heavy (non-hydrogen) atoms. The van der Waals surface area contributed by atoms with E-state index in [9.17, 15) is 28.2 Å². The van der Waals surface area contributed by atoms with Crippen LogP contribution in [0.3, 0.4) is 0 Å². The van der Waals surface area contributed by atoms with Crippen molar-refractivity contribution >= 4 is 22.0 Å². The number of aliphatic hydroxyl groups is 2. The molecule has 8 rings (SSSR count). The van der Waals surface area contributed by atoms with Gasteiger partial charge in [0.05, 0.1) is 11.0 Å². The minimum Gasteiger partial charge on any atom is -0.458 e. The van der Waals surface area contributed by atoms with Crippen molar-refractivity contribution in [3.63, 3.8) is 0 Å². The molecule has 10 nitrogen and oxygen atoms in total. The van der Waals surface area contributed by atoms with Crippen LogP contribution in [0, 0.1) is 28.6 Å². The molecular formula is C29H35NO9S. The van der Waals surface area contributed by atoms with Crippen molar-refractivity contribution in [2.45, 2.75) is 80.9 Å². The molecule has 0 aromatic heterocycles. The minimum absolute atomic E-state index is 0.0819. The third-order valence-corrected chi connectivity index (χ3v) is 12.8. The average molecular weight is 574 g/mol. The lowest BCUT2D eigenvalue weighted by atomic mass is 9.40. The summed E-state index contributed by atoms with van der Waals surface area (Å²) in [5, 5.41) is 26.7. The summed E-state index contributed by atoms with van der Waals surface area (Å²) >= 11 is 0. The van der Waals surface area contributed by atoms with Gasteiger partial charge >= 0.3 is 5.97 Å². The summed E-state index contributed by atoms with van der Waals surface area (Å²) in [5.74, 6) is -1.64. The predicted molar refractivity (Wildman–Crippen MR) is 139 cm³/mol. The van der Waals surface area contributed by atoms with E-state index in [4.69, 9.17) is 13.7 Å². The summed E-state index contributed by atoms with van der Waals surface area (Å²) in [4.78, 5) is 24.2. The van der Waals surface area contributed by atoms with E-state index >= 15 is 0 Å². The van der Waals surface area contributed by atoms with Gasteiger partial charge in [0.1, 0.15) is 30.0 Å². The smallest absolute Gasteiger partial charge is 0.334 e. The third kappa shape index (κ3) is 2.85. The van der Waals surface area contributed by atoms with E-state index in [1.807, 2.05) is 0 Å². The van der Waals surface area contributed by atoms with Crippen LogP contribution >= 0.6 is 0 Å². The summed E-state index contributed by atoms with van der Waals surface area (Å²) in [7, 11) is -2.89. The van der Waals surface area contributed by atoms with Crippen LogP contribution < -0.4 is 5.32 Å². The fourth-order valence-corrected chi connectivity index (χ4v) is 10.7. The van der Waals surface area contributed by atoms with Crippen LogP contribution in [0.25, 0.3) is 0 Å². The number of hydrogen-bond donors (Lipinski definition) is 3. The van der Waals surface area contributed by atoms with Gasteiger partial charge in [0, 0.05) is 35.9 Å². The van der Waals surface area contributed by atoms with E-state index in [1.54, 1.807) is 13.8 Å². The van der Waals surface area contributed by atoms with Crippen LogP contribution in [0.5, 0.6) is 0 Å². The maximum atomic E-state index is 13.6. The highest BCUT2D eigenvalue weighted by atomic mass is 32.2. The van der Waals surface area contributed by atoms with Crippen LogP contribution in [0.2, 0.25) is 0 Å². The Kier molecular flexibility index (Phi) is 5.28. The first-order valence-electron chi connectivity index (χ1n) is 14.0. The molecule has 216 valence electrons. The number of hydrogen-bond acceptors (Lipinski definition) is 9. The van der Waals surface area contributed by atoms with Gasteiger partial charge in [-0.3, -0.25) is 8.98 Å². The van der Waals surface area contributed by atoms with Crippen molar-refractivity contribution in [3.05, 3.63) is 41.0 Å². The summed E-state index contributed by atoms with van der Waals surface area (Å²) in [5.41, 5.74) is -1.94. The Bertz CT molecular complexity index is 1460. The standard InChI is InChI=1S/C29H35NO9S/c1-14(2)29(34)22(39-40(35,36)16-7-5-15(6-8-16)23(31)30-4)19-11-27(19)26(3)10-9-17-18(13-37-24(17)32)21(26)20-12-28(27,38-20)25(29)33/h5-8,14,19-22,25,33-34H,9-13H2,1-4H3,(H,30,31)/t19-,20?,21+,22+,25-,26-,27-,28+,29-/m0/s1. The summed E-state index contributed by atoms with van der Waals surface area (Å²) in [6.45, 7) is 5.90. The largest absolute Gasteiger partial charge is 0.458 e. The Morgan fingerprint density at radius 1 is 1.20 bits per heavy atom. The Morgan fingerprint density at radius 3 is 2.50 bits per heavy atom. The number of carbonyl (C=O) groups excluding carboxylic acids is 2. The lowest BCUT2D eigenvalue weighted by Gasteiger charge is -2.74. The minimum atomic E-state index is -4.38. The van der Waals surface area contributed by atoms with Crippen LogP contribution in [0.4, 0.5) is 0 Å². The van der Waals surface area contributed by atoms with Gasteiger partial charge in [-0.25, -0.2) is 4.79 Å². The molecule has 11 heteroatoms. The van der Waals surface area contributed by atoms with Crippen molar-refractivity contribution in [1.29, 1.82) is 0 Å². The van der Waals surface area contributed by atoms with E-state index in [2.05, 4.69) is 12.2 Å². The Labute approximate surface area is 233 Å². The monoisotopic (exact) mass is 573 g/mol. The molecule has 1 amide bonds. The van der Waals surface area contributed by atoms with Gasteiger partial charge in [0.2, 0.25) is 0 Å². The van der Waals surface area contributed by atoms with Gasteiger partial charge in [-0.05, 0) is 66.4 Å². The molecule has 1 aromatic carbocycles. The second-order valence-electron chi connectivity index (χ2n) is 13.0. The summed E-state index contributed by atoms with van der Waals surface area (Å²) < 4.78 is 45.2. The SMILES string of the molecule is CNC(=O)c1ccc(S(=O)(=O)O[C@@H]2[C@@H]3C[C@@]34[C@@]3(C)CCC5=C(COC5=O)[C@@H]3C3C[C@@]4(O3)[C@H](O)[C@]2(O)C(C)C)cc1. The number of esters is 1. The number of aliphatic hydroxyl groups excluding tert-OH is 1. The number of benzene rings is 1. The molecule has 1 aromatic rings. The zero-order chi connectivity index (χ0) is 28.6. The van der Waals surface area contributed by atoms with Crippen molar-refractivity contribution in [2.24, 2.45) is 28.6 Å². The van der Waals surface area contributed by atoms with Crippen LogP contribution in [0.1, 0.15) is 56.8 Å². The van der Waals surface area contributed by atoms with Gasteiger partial charge in [-0.1, -0.05) is 20.8 Å².